The molecule has 136 valence electrons. The largest absolute Gasteiger partial charge is 0.462 e. The molecule has 2 saturated heterocycles. The molecule has 26 heavy (non-hydrogen) atoms. The van der Waals surface area contributed by atoms with E-state index in [1.807, 2.05) is 24.3 Å². The molecule has 0 aliphatic carbocycles. The summed E-state index contributed by atoms with van der Waals surface area (Å²) in [6.45, 7) is 3.32. The molecular weight excluding hydrogens is 374 g/mol. The van der Waals surface area contributed by atoms with Crippen molar-refractivity contribution in [3.05, 3.63) is 24.3 Å². The normalized spacial score (nSPS) is 30.8. The fourth-order valence-corrected chi connectivity index (χ4v) is 5.66. The van der Waals surface area contributed by atoms with Crippen LogP contribution in [0.5, 0.6) is 0 Å². The van der Waals surface area contributed by atoms with Crippen LogP contribution in [-0.2, 0) is 23.9 Å². The van der Waals surface area contributed by atoms with Crippen LogP contribution in [0.15, 0.2) is 28.6 Å². The molecule has 0 N–H and O–H groups in total. The summed E-state index contributed by atoms with van der Waals surface area (Å²) in [5.74, 6) is -1.32. The van der Waals surface area contributed by atoms with E-state index in [1.165, 1.54) is 23.1 Å². The first-order valence-electron chi connectivity index (χ1n) is 8.29. The van der Waals surface area contributed by atoms with Crippen molar-refractivity contribution in [1.82, 2.24) is 4.98 Å². The minimum atomic E-state index is -1.33. The summed E-state index contributed by atoms with van der Waals surface area (Å²) in [6.07, 6.45) is -0.0376. The first kappa shape index (κ1) is 17.5. The van der Waals surface area contributed by atoms with E-state index in [4.69, 9.17) is 9.47 Å². The fourth-order valence-electron chi connectivity index (χ4n) is 3.56. The van der Waals surface area contributed by atoms with Gasteiger partial charge in [-0.15, -0.1) is 11.3 Å². The van der Waals surface area contributed by atoms with Gasteiger partial charge in [0.25, 0.3) is 0 Å². The Labute approximate surface area is 158 Å². The highest BCUT2D eigenvalue weighted by Gasteiger charge is 2.65. The Balaban J connectivity index is 1.47. The number of ketones is 1. The summed E-state index contributed by atoms with van der Waals surface area (Å²) in [5, 5.41) is 0. The maximum absolute atomic E-state index is 12.8. The summed E-state index contributed by atoms with van der Waals surface area (Å²) in [4.78, 5) is 41.8. The van der Waals surface area contributed by atoms with Gasteiger partial charge in [0.05, 0.1) is 16.0 Å². The second kappa shape index (κ2) is 6.06. The number of Topliss-reactive ketones (excluding diaryl/α,β-unsaturated/α-hetero) is 1. The number of hydrogen-bond donors (Lipinski definition) is 0. The van der Waals surface area contributed by atoms with Crippen LogP contribution >= 0.6 is 23.1 Å². The van der Waals surface area contributed by atoms with Gasteiger partial charge in [-0.25, -0.2) is 4.98 Å². The van der Waals surface area contributed by atoms with E-state index >= 15 is 0 Å². The third-order valence-electron chi connectivity index (χ3n) is 4.87. The van der Waals surface area contributed by atoms with Crippen molar-refractivity contribution in [2.24, 2.45) is 5.41 Å². The molecule has 0 saturated carbocycles. The molecule has 4 rings (SSSR count). The molecule has 0 unspecified atom stereocenters. The zero-order valence-electron chi connectivity index (χ0n) is 14.3. The standard InChI is InChI=1S/C18H17NO5S2/c1-10-7-18(14(21)23-10)9-17(2,24-15(18)22)13(20)8-25-16-19-11-5-3-4-6-12(11)26-16/h3-6,10H,7-9H2,1-2H3/t10-,17-,18-/m0/s1. The quantitative estimate of drug-likeness (QED) is 0.450. The van der Waals surface area contributed by atoms with E-state index in [2.05, 4.69) is 4.98 Å². The third kappa shape index (κ3) is 2.72. The molecule has 3 heterocycles. The Morgan fingerprint density at radius 1 is 1.35 bits per heavy atom. The highest BCUT2D eigenvalue weighted by Crippen LogP contribution is 2.49. The van der Waals surface area contributed by atoms with Gasteiger partial charge in [0, 0.05) is 12.8 Å². The number of thioether (sulfide) groups is 1. The monoisotopic (exact) mass is 391 g/mol. The molecule has 1 spiro atoms. The van der Waals surface area contributed by atoms with Gasteiger partial charge >= 0.3 is 11.9 Å². The average Bonchev–Trinajstić information content (AvgIpc) is 3.20. The number of carbonyl (C=O) groups excluding carboxylic acids is 3. The zero-order chi connectivity index (χ0) is 18.5. The van der Waals surface area contributed by atoms with Crippen LogP contribution in [0.2, 0.25) is 0 Å². The predicted molar refractivity (Wildman–Crippen MR) is 97.1 cm³/mol. The lowest BCUT2D eigenvalue weighted by atomic mass is 9.77. The van der Waals surface area contributed by atoms with Crippen molar-refractivity contribution in [3.63, 3.8) is 0 Å². The number of para-hydroxylation sites is 1. The van der Waals surface area contributed by atoms with Crippen LogP contribution in [-0.4, -0.2) is 40.2 Å². The highest BCUT2D eigenvalue weighted by molar-refractivity contribution is 8.01. The van der Waals surface area contributed by atoms with Gasteiger partial charge in [-0.3, -0.25) is 14.4 Å². The Morgan fingerprint density at radius 3 is 2.81 bits per heavy atom. The van der Waals surface area contributed by atoms with Gasteiger partial charge in [-0.2, -0.15) is 0 Å². The molecule has 0 bridgehead atoms. The average molecular weight is 391 g/mol. The van der Waals surface area contributed by atoms with E-state index in [0.29, 0.717) is 0 Å². The molecule has 2 aliphatic heterocycles. The molecular formula is C18H17NO5S2. The fraction of sp³-hybridized carbons (Fsp3) is 0.444. The van der Waals surface area contributed by atoms with E-state index < -0.39 is 23.0 Å². The van der Waals surface area contributed by atoms with E-state index in [-0.39, 0.29) is 30.5 Å². The van der Waals surface area contributed by atoms with Crippen LogP contribution in [0, 0.1) is 5.41 Å². The predicted octanol–water partition coefficient (Wildman–Crippen LogP) is 2.98. The lowest BCUT2D eigenvalue weighted by molar-refractivity contribution is -0.162. The van der Waals surface area contributed by atoms with Crippen LogP contribution in [0.3, 0.4) is 0 Å². The van der Waals surface area contributed by atoms with Crippen LogP contribution in [0.25, 0.3) is 10.2 Å². The Kier molecular flexibility index (Phi) is 4.07. The number of aromatic nitrogens is 1. The van der Waals surface area contributed by atoms with Crippen molar-refractivity contribution in [2.75, 3.05) is 5.75 Å². The summed E-state index contributed by atoms with van der Waals surface area (Å²) in [5.41, 5.74) is -1.73. The number of cyclic esters (lactones) is 2. The number of carbonyl (C=O) groups is 3. The smallest absolute Gasteiger partial charge is 0.324 e. The molecule has 2 aromatic rings. The molecule has 0 radical (unpaired) electrons. The van der Waals surface area contributed by atoms with Gasteiger partial charge < -0.3 is 9.47 Å². The minimum absolute atomic E-state index is 0.0429. The summed E-state index contributed by atoms with van der Waals surface area (Å²) >= 11 is 2.84. The molecule has 1 aromatic heterocycles. The van der Waals surface area contributed by atoms with Gasteiger partial charge in [0.1, 0.15) is 6.10 Å². The Bertz CT molecular complexity index is 892. The molecule has 8 heteroatoms. The number of esters is 2. The SMILES string of the molecule is C[C@H]1C[C@]2(C[C@@](C)(C(=O)CSc3nc4ccccc4s3)OC2=O)C(=O)O1. The van der Waals surface area contributed by atoms with Gasteiger partial charge in [0.2, 0.25) is 0 Å². The van der Waals surface area contributed by atoms with Crippen LogP contribution in [0.1, 0.15) is 26.7 Å². The molecule has 3 atom stereocenters. The van der Waals surface area contributed by atoms with Crippen molar-refractivity contribution in [3.8, 4) is 0 Å². The van der Waals surface area contributed by atoms with E-state index in [1.54, 1.807) is 13.8 Å². The van der Waals surface area contributed by atoms with Gasteiger partial charge in [0.15, 0.2) is 21.1 Å². The summed E-state index contributed by atoms with van der Waals surface area (Å²) < 4.78 is 12.4. The topological polar surface area (TPSA) is 82.6 Å². The minimum Gasteiger partial charge on any atom is -0.462 e. The van der Waals surface area contributed by atoms with E-state index in [9.17, 15) is 14.4 Å². The van der Waals surface area contributed by atoms with Crippen molar-refractivity contribution in [1.29, 1.82) is 0 Å². The van der Waals surface area contributed by atoms with Gasteiger partial charge in [-0.1, -0.05) is 23.9 Å². The Morgan fingerprint density at radius 2 is 2.12 bits per heavy atom. The molecule has 1 aromatic carbocycles. The Hall–Kier alpha value is -1.93. The lowest BCUT2D eigenvalue weighted by Crippen LogP contribution is -2.37. The number of thiazole rings is 1. The number of fused-ring (bicyclic) bond motifs is 1. The molecule has 2 aliphatic rings. The summed E-state index contributed by atoms with van der Waals surface area (Å²) in [6, 6.07) is 7.77. The van der Waals surface area contributed by atoms with Crippen molar-refractivity contribution in [2.45, 2.75) is 42.7 Å². The maximum atomic E-state index is 12.8. The molecule has 6 nitrogen and oxygen atoms in total. The molecule has 2 fully saturated rings. The summed E-state index contributed by atoms with van der Waals surface area (Å²) in [7, 11) is 0. The number of rotatable bonds is 4. The van der Waals surface area contributed by atoms with E-state index in [0.717, 1.165) is 14.6 Å². The third-order valence-corrected chi connectivity index (χ3v) is 7.05. The van der Waals surface area contributed by atoms with Crippen molar-refractivity contribution < 1.29 is 23.9 Å². The van der Waals surface area contributed by atoms with Crippen LogP contribution in [0.4, 0.5) is 0 Å². The van der Waals surface area contributed by atoms with Crippen LogP contribution < -0.4 is 0 Å². The maximum Gasteiger partial charge on any atom is 0.324 e. The first-order chi connectivity index (χ1) is 12.3. The number of nitrogens with zero attached hydrogens (tertiary/aromatic N) is 1. The molecule has 0 amide bonds. The zero-order valence-corrected chi connectivity index (χ0v) is 15.9. The first-order valence-corrected chi connectivity index (χ1v) is 10.1. The van der Waals surface area contributed by atoms with Gasteiger partial charge in [-0.05, 0) is 26.0 Å². The van der Waals surface area contributed by atoms with Crippen molar-refractivity contribution >= 4 is 51.0 Å². The number of ether oxygens (including phenoxy) is 2. The number of benzene rings is 1. The second-order valence-corrected chi connectivity index (χ2v) is 9.21. The lowest BCUT2D eigenvalue weighted by Gasteiger charge is -2.20. The second-order valence-electron chi connectivity index (χ2n) is 6.96. The number of hydrogen-bond acceptors (Lipinski definition) is 8. The highest BCUT2D eigenvalue weighted by atomic mass is 32.2.